The van der Waals surface area contributed by atoms with Crippen LogP contribution < -0.4 is 5.32 Å². The Hall–Kier alpha value is -0.110. The summed E-state index contributed by atoms with van der Waals surface area (Å²) in [6, 6.07) is 0.517. The van der Waals surface area contributed by atoms with Crippen LogP contribution in [0.4, 0.5) is 0 Å². The summed E-state index contributed by atoms with van der Waals surface area (Å²) in [4.78, 5) is 0. The van der Waals surface area contributed by atoms with Gasteiger partial charge in [-0.15, -0.1) is 12.6 Å². The summed E-state index contributed by atoms with van der Waals surface area (Å²) in [6.07, 6.45) is 1.81. The lowest BCUT2D eigenvalue weighted by Gasteiger charge is -2.00. The third kappa shape index (κ3) is 5.89. The van der Waals surface area contributed by atoms with E-state index in [4.69, 9.17) is 0 Å². The molecule has 1 N–H and O–H groups in total. The van der Waals surface area contributed by atoms with Crippen LogP contribution in [0.5, 0.6) is 0 Å². The highest BCUT2D eigenvalue weighted by Gasteiger charge is 1.79. The number of thiol groups is 1. The van der Waals surface area contributed by atoms with Crippen LogP contribution in [0.1, 0.15) is 13.8 Å². The summed E-state index contributed by atoms with van der Waals surface area (Å²) in [6.45, 7) is 4.15. The van der Waals surface area contributed by atoms with Crippen LogP contribution in [-0.2, 0) is 0 Å². The molecule has 42 valence electrons. The van der Waals surface area contributed by atoms with E-state index in [0.29, 0.717) is 6.04 Å². The van der Waals surface area contributed by atoms with Gasteiger partial charge in [-0.1, -0.05) is 0 Å². The third-order valence-corrected chi connectivity index (χ3v) is 0.653. The van der Waals surface area contributed by atoms with Gasteiger partial charge in [-0.3, -0.25) is 0 Å². The largest absolute Gasteiger partial charge is 0.388 e. The molecule has 0 fully saturated rings. The SMILES string of the molecule is CC(C)N/C=C\S. The van der Waals surface area contributed by atoms with Gasteiger partial charge in [0.1, 0.15) is 0 Å². The molecule has 0 aromatic carbocycles. The van der Waals surface area contributed by atoms with Crippen molar-refractivity contribution in [3.8, 4) is 0 Å². The lowest BCUT2D eigenvalue weighted by atomic mass is 10.4. The van der Waals surface area contributed by atoms with Gasteiger partial charge in [0, 0.05) is 12.2 Å². The summed E-state index contributed by atoms with van der Waals surface area (Å²) < 4.78 is 0. The average Bonchev–Trinajstić information content (AvgIpc) is 1.61. The van der Waals surface area contributed by atoms with Crippen molar-refractivity contribution >= 4 is 12.6 Å². The molecule has 1 nitrogen and oxygen atoms in total. The van der Waals surface area contributed by atoms with Crippen molar-refractivity contribution in [1.29, 1.82) is 0 Å². The van der Waals surface area contributed by atoms with Gasteiger partial charge in [-0.25, -0.2) is 0 Å². The minimum absolute atomic E-state index is 0.517. The van der Waals surface area contributed by atoms with Crippen molar-refractivity contribution in [3.05, 3.63) is 11.6 Å². The van der Waals surface area contributed by atoms with Crippen LogP contribution in [0.15, 0.2) is 11.6 Å². The van der Waals surface area contributed by atoms with Crippen LogP contribution >= 0.6 is 12.6 Å². The first kappa shape index (κ1) is 6.89. The molecule has 0 spiro atoms. The van der Waals surface area contributed by atoms with E-state index in [2.05, 4.69) is 31.8 Å². The highest BCUT2D eigenvalue weighted by Crippen LogP contribution is 1.77. The molecule has 0 unspecified atom stereocenters. The summed E-state index contributed by atoms with van der Waals surface area (Å²) in [5, 5.41) is 4.72. The molecule has 2 heteroatoms. The van der Waals surface area contributed by atoms with Crippen LogP contribution in [0.3, 0.4) is 0 Å². The zero-order chi connectivity index (χ0) is 5.70. The maximum Gasteiger partial charge on any atom is 0.0199 e. The molecule has 0 radical (unpaired) electrons. The summed E-state index contributed by atoms with van der Waals surface area (Å²) >= 11 is 3.85. The van der Waals surface area contributed by atoms with Gasteiger partial charge in [-0.05, 0) is 19.3 Å². The summed E-state index contributed by atoms with van der Waals surface area (Å²) in [5.74, 6) is 0. The monoisotopic (exact) mass is 117 g/mol. The molecule has 7 heavy (non-hydrogen) atoms. The van der Waals surface area contributed by atoms with Gasteiger partial charge < -0.3 is 5.32 Å². The maximum atomic E-state index is 3.85. The van der Waals surface area contributed by atoms with Crippen molar-refractivity contribution in [2.24, 2.45) is 0 Å². The second-order valence-corrected chi connectivity index (χ2v) is 1.94. The van der Waals surface area contributed by atoms with Crippen molar-refractivity contribution in [1.82, 2.24) is 5.32 Å². The lowest BCUT2D eigenvalue weighted by molar-refractivity contribution is 0.703. The van der Waals surface area contributed by atoms with Crippen LogP contribution in [0, 0.1) is 0 Å². The second kappa shape index (κ2) is 4.06. The molecule has 0 aliphatic heterocycles. The molecule has 0 saturated heterocycles. The minimum atomic E-state index is 0.517. The predicted octanol–water partition coefficient (Wildman–Crippen LogP) is 1.39. The van der Waals surface area contributed by atoms with Gasteiger partial charge in [0.05, 0.1) is 0 Å². The fourth-order valence-electron chi connectivity index (χ4n) is 0.235. The Balaban J connectivity index is 2.97. The fourth-order valence-corrected chi connectivity index (χ4v) is 0.322. The fraction of sp³-hybridized carbons (Fsp3) is 0.600. The van der Waals surface area contributed by atoms with Gasteiger partial charge >= 0.3 is 0 Å². The Kier molecular flexibility index (Phi) is 4.00. The van der Waals surface area contributed by atoms with Crippen molar-refractivity contribution in [2.75, 3.05) is 0 Å². The van der Waals surface area contributed by atoms with E-state index >= 15 is 0 Å². The quantitative estimate of drug-likeness (QED) is 0.521. The molecule has 0 saturated carbocycles. The zero-order valence-corrected chi connectivity index (χ0v) is 5.57. The normalized spacial score (nSPS) is 10.9. The predicted molar refractivity (Wildman–Crippen MR) is 36.4 cm³/mol. The molecule has 0 bridgehead atoms. The highest BCUT2D eigenvalue weighted by molar-refractivity contribution is 7.83. The second-order valence-electron chi connectivity index (χ2n) is 1.64. The molecule has 0 heterocycles. The Labute approximate surface area is 50.2 Å². The highest BCUT2D eigenvalue weighted by atomic mass is 32.1. The maximum absolute atomic E-state index is 3.85. The Morgan fingerprint density at radius 3 is 2.29 bits per heavy atom. The van der Waals surface area contributed by atoms with Gasteiger partial charge in [0.2, 0.25) is 0 Å². The van der Waals surface area contributed by atoms with Crippen molar-refractivity contribution in [2.45, 2.75) is 19.9 Å². The lowest BCUT2D eigenvalue weighted by Crippen LogP contribution is -2.14. The Morgan fingerprint density at radius 1 is 1.57 bits per heavy atom. The van der Waals surface area contributed by atoms with E-state index in [0.717, 1.165) is 0 Å². The van der Waals surface area contributed by atoms with E-state index in [1.807, 2.05) is 6.20 Å². The Bertz CT molecular complexity index is 59.1. The topological polar surface area (TPSA) is 12.0 Å². The summed E-state index contributed by atoms with van der Waals surface area (Å²) in [7, 11) is 0. The molecule has 0 rings (SSSR count). The van der Waals surface area contributed by atoms with Crippen LogP contribution in [0.2, 0.25) is 0 Å². The first-order chi connectivity index (χ1) is 3.27. The van der Waals surface area contributed by atoms with E-state index in [1.165, 1.54) is 0 Å². The number of nitrogens with one attached hydrogen (secondary N) is 1. The number of rotatable bonds is 2. The van der Waals surface area contributed by atoms with Gasteiger partial charge in [0.15, 0.2) is 0 Å². The first-order valence-electron chi connectivity index (χ1n) is 2.32. The molecule has 0 amide bonds. The number of hydrogen-bond donors (Lipinski definition) is 2. The van der Waals surface area contributed by atoms with Gasteiger partial charge in [0.25, 0.3) is 0 Å². The molecule has 0 aliphatic carbocycles. The molecular formula is C5H11NS. The van der Waals surface area contributed by atoms with E-state index in [1.54, 1.807) is 5.41 Å². The molecular weight excluding hydrogens is 106 g/mol. The van der Waals surface area contributed by atoms with Crippen molar-refractivity contribution < 1.29 is 0 Å². The van der Waals surface area contributed by atoms with Gasteiger partial charge in [-0.2, -0.15) is 0 Å². The molecule has 0 aromatic heterocycles. The first-order valence-corrected chi connectivity index (χ1v) is 2.84. The number of hydrogen-bond acceptors (Lipinski definition) is 2. The third-order valence-electron chi connectivity index (χ3n) is 0.504. The van der Waals surface area contributed by atoms with Crippen molar-refractivity contribution in [3.63, 3.8) is 0 Å². The summed E-state index contributed by atoms with van der Waals surface area (Å²) in [5.41, 5.74) is 0. The molecule has 0 atom stereocenters. The van der Waals surface area contributed by atoms with Crippen LogP contribution in [0.25, 0.3) is 0 Å². The van der Waals surface area contributed by atoms with E-state index in [-0.39, 0.29) is 0 Å². The standard InChI is InChI=1S/C5H11NS/c1-5(2)6-3-4-7/h3-7H,1-2H3/b4-3-. The smallest absolute Gasteiger partial charge is 0.0199 e. The molecule has 0 aromatic rings. The van der Waals surface area contributed by atoms with E-state index < -0.39 is 0 Å². The molecule has 0 aliphatic rings. The minimum Gasteiger partial charge on any atom is -0.388 e. The Morgan fingerprint density at radius 2 is 2.14 bits per heavy atom. The van der Waals surface area contributed by atoms with E-state index in [9.17, 15) is 0 Å². The average molecular weight is 117 g/mol. The zero-order valence-electron chi connectivity index (χ0n) is 4.68. The van der Waals surface area contributed by atoms with Crippen LogP contribution in [-0.4, -0.2) is 6.04 Å².